The van der Waals surface area contributed by atoms with Gasteiger partial charge in [-0.15, -0.1) is 0 Å². The number of nitrogens with one attached hydrogen (secondary N) is 1. The lowest BCUT2D eigenvalue weighted by Crippen LogP contribution is -2.35. The van der Waals surface area contributed by atoms with E-state index >= 15 is 0 Å². The fourth-order valence-corrected chi connectivity index (χ4v) is 4.04. The lowest BCUT2D eigenvalue weighted by molar-refractivity contribution is -0.138. The van der Waals surface area contributed by atoms with Crippen molar-refractivity contribution in [1.82, 2.24) is 0 Å². The molecule has 1 unspecified atom stereocenters. The van der Waals surface area contributed by atoms with Crippen LogP contribution in [0, 0.1) is 17.5 Å². The minimum atomic E-state index is -4.25. The van der Waals surface area contributed by atoms with Gasteiger partial charge in [-0.1, -0.05) is 6.08 Å². The first kappa shape index (κ1) is 18.3. The number of anilines is 1. The van der Waals surface area contributed by atoms with E-state index in [4.69, 9.17) is 4.74 Å². The summed E-state index contributed by atoms with van der Waals surface area (Å²) < 4.78 is 71.6. The Morgan fingerprint density at radius 1 is 1.29 bits per heavy atom. The van der Waals surface area contributed by atoms with E-state index in [2.05, 4.69) is 0 Å². The van der Waals surface area contributed by atoms with Crippen molar-refractivity contribution in [3.63, 3.8) is 0 Å². The van der Waals surface area contributed by atoms with Crippen LogP contribution in [-0.4, -0.2) is 26.2 Å². The number of allylic oxidation sites excluding steroid dienone is 1. The van der Waals surface area contributed by atoms with Crippen LogP contribution in [0.1, 0.15) is 26.2 Å². The topological polar surface area (TPSA) is 72.5 Å². The molecule has 0 radical (unpaired) electrons. The molecule has 0 aromatic heterocycles. The number of hydrogen-bond acceptors (Lipinski definition) is 4. The Balaban J connectivity index is 2.32. The Morgan fingerprint density at radius 2 is 2.00 bits per heavy atom. The van der Waals surface area contributed by atoms with Gasteiger partial charge in [0.15, 0.2) is 17.5 Å². The summed E-state index contributed by atoms with van der Waals surface area (Å²) in [6.07, 6.45) is 2.62. The van der Waals surface area contributed by atoms with Crippen LogP contribution in [0.2, 0.25) is 0 Å². The molecule has 9 heteroatoms. The monoisotopic (exact) mass is 363 g/mol. The molecular weight excluding hydrogens is 347 g/mol. The van der Waals surface area contributed by atoms with Gasteiger partial charge in [0.25, 0.3) is 0 Å². The van der Waals surface area contributed by atoms with Crippen LogP contribution in [0.25, 0.3) is 0 Å². The van der Waals surface area contributed by atoms with Gasteiger partial charge < -0.3 is 4.74 Å². The zero-order valence-corrected chi connectivity index (χ0v) is 13.6. The lowest BCUT2D eigenvalue weighted by Gasteiger charge is -2.23. The minimum Gasteiger partial charge on any atom is -0.463 e. The summed E-state index contributed by atoms with van der Waals surface area (Å²) in [7, 11) is -4.25. The molecule has 0 spiro atoms. The molecule has 1 aromatic carbocycles. The Hall–Kier alpha value is -2.03. The van der Waals surface area contributed by atoms with Crippen LogP contribution < -0.4 is 4.72 Å². The maximum Gasteiger partial charge on any atom is 0.335 e. The highest BCUT2D eigenvalue weighted by Gasteiger charge is 2.35. The molecule has 0 saturated heterocycles. The average molecular weight is 363 g/mol. The molecule has 24 heavy (non-hydrogen) atoms. The number of sulfonamides is 1. The van der Waals surface area contributed by atoms with Gasteiger partial charge in [-0.05, 0) is 38.3 Å². The number of halogens is 3. The second-order valence-corrected chi connectivity index (χ2v) is 7.03. The highest BCUT2D eigenvalue weighted by Crippen LogP contribution is 2.29. The molecule has 2 rings (SSSR count). The molecule has 1 aromatic rings. The van der Waals surface area contributed by atoms with Crippen molar-refractivity contribution in [1.29, 1.82) is 0 Å². The van der Waals surface area contributed by atoms with E-state index in [9.17, 15) is 26.4 Å². The predicted octanol–water partition coefficient (Wildman–Crippen LogP) is 2.89. The van der Waals surface area contributed by atoms with Gasteiger partial charge in [-0.25, -0.2) is 26.4 Å². The molecule has 0 fully saturated rings. The van der Waals surface area contributed by atoms with Crippen molar-refractivity contribution < 1.29 is 31.1 Å². The smallest absolute Gasteiger partial charge is 0.335 e. The molecule has 132 valence electrons. The van der Waals surface area contributed by atoms with Crippen molar-refractivity contribution in [2.24, 2.45) is 0 Å². The highest BCUT2D eigenvalue weighted by atomic mass is 32.2. The molecule has 1 aliphatic carbocycles. The second-order valence-electron chi connectivity index (χ2n) is 5.17. The standard InChI is InChI=1S/C15H16F3NO4S/c1-2-23-15(20)9-5-3-4-6-12(9)24(21,22)19-11-8-7-10(16)13(17)14(11)18/h5,7-8,12,19H,2-4,6H2,1H3. The van der Waals surface area contributed by atoms with E-state index in [1.54, 1.807) is 6.92 Å². The van der Waals surface area contributed by atoms with Crippen LogP contribution in [0.3, 0.4) is 0 Å². The number of rotatable bonds is 5. The SMILES string of the molecule is CCOC(=O)C1=CCCCC1S(=O)(=O)Nc1ccc(F)c(F)c1F. The summed E-state index contributed by atoms with van der Waals surface area (Å²) in [5.74, 6) is -5.62. The van der Waals surface area contributed by atoms with Gasteiger partial charge in [-0.2, -0.15) is 0 Å². The molecule has 1 N–H and O–H groups in total. The third-order valence-electron chi connectivity index (χ3n) is 3.55. The summed E-state index contributed by atoms with van der Waals surface area (Å²) in [4.78, 5) is 11.9. The molecule has 0 aliphatic heterocycles. The first-order chi connectivity index (χ1) is 11.3. The van der Waals surface area contributed by atoms with Crippen molar-refractivity contribution in [3.05, 3.63) is 41.2 Å². The number of hydrogen-bond donors (Lipinski definition) is 1. The van der Waals surface area contributed by atoms with Crippen LogP contribution in [0.5, 0.6) is 0 Å². The number of ether oxygens (including phenoxy) is 1. The molecule has 1 atom stereocenters. The van der Waals surface area contributed by atoms with Gasteiger partial charge in [0.1, 0.15) is 5.25 Å². The van der Waals surface area contributed by atoms with Crippen molar-refractivity contribution in [2.75, 3.05) is 11.3 Å². The number of carbonyl (C=O) groups is 1. The van der Waals surface area contributed by atoms with Gasteiger partial charge in [0, 0.05) is 0 Å². The third-order valence-corrected chi connectivity index (χ3v) is 5.30. The van der Waals surface area contributed by atoms with Crippen molar-refractivity contribution in [2.45, 2.75) is 31.4 Å². The third kappa shape index (κ3) is 3.72. The van der Waals surface area contributed by atoms with E-state index in [-0.39, 0.29) is 18.6 Å². The van der Waals surface area contributed by atoms with E-state index in [0.29, 0.717) is 18.9 Å². The molecule has 5 nitrogen and oxygen atoms in total. The lowest BCUT2D eigenvalue weighted by atomic mass is 9.99. The number of esters is 1. The summed E-state index contributed by atoms with van der Waals surface area (Å²) >= 11 is 0. The first-order valence-corrected chi connectivity index (χ1v) is 8.84. The quantitative estimate of drug-likeness (QED) is 0.645. The zero-order valence-electron chi connectivity index (χ0n) is 12.8. The molecule has 0 heterocycles. The summed E-state index contributed by atoms with van der Waals surface area (Å²) in [5, 5.41) is -1.25. The van der Waals surface area contributed by atoms with Gasteiger partial charge in [-0.3, -0.25) is 4.72 Å². The Morgan fingerprint density at radius 3 is 2.67 bits per heavy atom. The van der Waals surface area contributed by atoms with E-state index in [1.807, 2.05) is 4.72 Å². The number of benzene rings is 1. The first-order valence-electron chi connectivity index (χ1n) is 7.30. The maximum absolute atomic E-state index is 13.7. The molecule has 1 aliphatic rings. The predicted molar refractivity (Wildman–Crippen MR) is 81.2 cm³/mol. The van der Waals surface area contributed by atoms with Gasteiger partial charge in [0.05, 0.1) is 17.9 Å². The van der Waals surface area contributed by atoms with Gasteiger partial charge >= 0.3 is 5.97 Å². The fraction of sp³-hybridized carbons (Fsp3) is 0.400. The van der Waals surface area contributed by atoms with Crippen LogP contribution >= 0.6 is 0 Å². The van der Waals surface area contributed by atoms with E-state index in [1.165, 1.54) is 6.08 Å². The number of carbonyl (C=O) groups excluding carboxylic acids is 1. The zero-order chi connectivity index (χ0) is 17.9. The van der Waals surface area contributed by atoms with Crippen LogP contribution in [0.15, 0.2) is 23.8 Å². The summed E-state index contributed by atoms with van der Waals surface area (Å²) in [6, 6.07) is 1.39. The van der Waals surface area contributed by atoms with Gasteiger partial charge in [0.2, 0.25) is 10.0 Å². The van der Waals surface area contributed by atoms with Crippen LogP contribution in [0.4, 0.5) is 18.9 Å². The van der Waals surface area contributed by atoms with Crippen LogP contribution in [-0.2, 0) is 19.6 Å². The molecule has 0 saturated carbocycles. The molecule has 0 amide bonds. The summed E-state index contributed by atoms with van der Waals surface area (Å²) in [5.41, 5.74) is -0.763. The highest BCUT2D eigenvalue weighted by molar-refractivity contribution is 7.93. The minimum absolute atomic E-state index is 0.0430. The Bertz CT molecular complexity index is 777. The maximum atomic E-state index is 13.7. The Kier molecular flexibility index (Phi) is 5.53. The second kappa shape index (κ2) is 7.25. The van der Waals surface area contributed by atoms with Crippen molar-refractivity contribution in [3.8, 4) is 0 Å². The largest absolute Gasteiger partial charge is 0.463 e. The van der Waals surface area contributed by atoms with E-state index in [0.717, 1.165) is 6.07 Å². The normalized spacial score (nSPS) is 18.0. The average Bonchev–Trinajstić information content (AvgIpc) is 2.55. The molecular formula is C15H16F3NO4S. The van der Waals surface area contributed by atoms with E-state index < -0.39 is 44.4 Å². The fourth-order valence-electron chi connectivity index (χ4n) is 2.43. The molecule has 0 bridgehead atoms. The Labute approximate surface area is 137 Å². The van der Waals surface area contributed by atoms with Crippen molar-refractivity contribution >= 4 is 21.7 Å². The summed E-state index contributed by atoms with van der Waals surface area (Å²) in [6.45, 7) is 1.66.